The van der Waals surface area contributed by atoms with Gasteiger partial charge in [0.15, 0.2) is 0 Å². The number of aliphatic hydroxyl groups is 1. The third kappa shape index (κ3) is 3.28. The van der Waals surface area contributed by atoms with Crippen LogP contribution in [0, 0.1) is 5.92 Å². The summed E-state index contributed by atoms with van der Waals surface area (Å²) in [6.45, 7) is 5.57. The first-order valence-electron chi connectivity index (χ1n) is 10.2. The highest BCUT2D eigenvalue weighted by Crippen LogP contribution is 2.55. The normalized spacial score (nSPS) is 31.3. The molecule has 0 amide bonds. The third-order valence-corrected chi connectivity index (χ3v) is 7.05. The smallest absolute Gasteiger partial charge is 0.119 e. The fourth-order valence-electron chi connectivity index (χ4n) is 5.46. The molecule has 2 aromatic rings. The van der Waals surface area contributed by atoms with Gasteiger partial charge in [-0.1, -0.05) is 49.4 Å². The minimum atomic E-state index is -0.755. The Morgan fingerprint density at radius 2 is 1.85 bits per heavy atom. The summed E-state index contributed by atoms with van der Waals surface area (Å²) in [5.41, 5.74) is 1.64. The van der Waals surface area contributed by atoms with Gasteiger partial charge >= 0.3 is 0 Å². The zero-order chi connectivity index (χ0) is 18.9. The van der Waals surface area contributed by atoms with Crippen LogP contribution in [0.25, 0.3) is 0 Å². The van der Waals surface area contributed by atoms with Crippen molar-refractivity contribution in [1.82, 2.24) is 4.90 Å². The number of nitrogens with zero attached hydrogens (tertiary/aromatic N) is 1. The highest BCUT2D eigenvalue weighted by atomic mass is 16.5. The van der Waals surface area contributed by atoms with Crippen LogP contribution in [-0.2, 0) is 11.0 Å². The summed E-state index contributed by atoms with van der Waals surface area (Å²) in [4.78, 5) is 2.57. The van der Waals surface area contributed by atoms with Gasteiger partial charge in [-0.2, -0.15) is 0 Å². The molecule has 1 saturated carbocycles. The van der Waals surface area contributed by atoms with E-state index in [9.17, 15) is 5.11 Å². The number of hydrogen-bond donors (Lipinski definition) is 1. The predicted octanol–water partition coefficient (Wildman–Crippen LogP) is 4.35. The average Bonchev–Trinajstić information content (AvgIpc) is 2.74. The van der Waals surface area contributed by atoms with Gasteiger partial charge in [0.05, 0.1) is 12.7 Å². The van der Waals surface area contributed by atoms with Gasteiger partial charge in [0.2, 0.25) is 0 Å². The maximum atomic E-state index is 11.7. The average molecular weight is 366 g/mol. The van der Waals surface area contributed by atoms with Gasteiger partial charge in [-0.3, -0.25) is 0 Å². The number of fused-ring (bicyclic) bond motifs is 1. The van der Waals surface area contributed by atoms with E-state index in [-0.39, 0.29) is 5.41 Å². The highest BCUT2D eigenvalue weighted by molar-refractivity contribution is 5.38. The molecule has 0 bridgehead atoms. The Bertz CT molecular complexity index is 777. The third-order valence-electron chi connectivity index (χ3n) is 7.05. The van der Waals surface area contributed by atoms with E-state index in [1.807, 2.05) is 24.3 Å². The summed E-state index contributed by atoms with van der Waals surface area (Å²) in [6.07, 6.45) is 3.78. The molecule has 1 heterocycles. The fraction of sp³-hybridized carbons (Fsp3) is 0.500. The van der Waals surface area contributed by atoms with Gasteiger partial charge in [-0.05, 0) is 68.0 Å². The molecule has 1 N–H and O–H groups in total. The number of methoxy groups -OCH3 is 1. The molecule has 1 aliphatic carbocycles. The Labute approximate surface area is 163 Å². The van der Waals surface area contributed by atoms with E-state index in [4.69, 9.17) is 4.74 Å². The molecule has 2 fully saturated rings. The second-order valence-electron chi connectivity index (χ2n) is 8.34. The molecule has 27 heavy (non-hydrogen) atoms. The molecule has 4 rings (SSSR count). The van der Waals surface area contributed by atoms with E-state index in [0.29, 0.717) is 5.92 Å². The molecule has 3 atom stereocenters. The highest BCUT2D eigenvalue weighted by Gasteiger charge is 2.52. The Balaban J connectivity index is 1.76. The standard InChI is InChI=1S/C24H31NO2/c1-3-25-15-14-23(20-10-7-11-22(16-20)27-2)18-24(26,13-12-21(23)17-25)19-8-5-4-6-9-19/h4-11,16,21,26H,3,12-15,17-18H2,1-2H3. The molecule has 0 spiro atoms. The van der Waals surface area contributed by atoms with Gasteiger partial charge in [0, 0.05) is 12.0 Å². The molecule has 2 aliphatic rings. The lowest BCUT2D eigenvalue weighted by Gasteiger charge is -2.55. The monoisotopic (exact) mass is 365 g/mol. The van der Waals surface area contributed by atoms with Crippen molar-refractivity contribution in [2.75, 3.05) is 26.7 Å². The molecule has 144 valence electrons. The second-order valence-corrected chi connectivity index (χ2v) is 8.34. The Hall–Kier alpha value is -1.84. The number of rotatable bonds is 4. The minimum absolute atomic E-state index is 0.00303. The van der Waals surface area contributed by atoms with E-state index >= 15 is 0 Å². The molecule has 3 unspecified atom stereocenters. The van der Waals surface area contributed by atoms with Gasteiger partial charge in [-0.25, -0.2) is 0 Å². The summed E-state index contributed by atoms with van der Waals surface area (Å²) in [7, 11) is 1.73. The summed E-state index contributed by atoms with van der Waals surface area (Å²) in [5.74, 6) is 1.48. The van der Waals surface area contributed by atoms with Crippen LogP contribution in [0.2, 0.25) is 0 Å². The van der Waals surface area contributed by atoms with Crippen LogP contribution in [-0.4, -0.2) is 36.8 Å². The second kappa shape index (κ2) is 7.29. The van der Waals surface area contributed by atoms with Crippen LogP contribution in [0.4, 0.5) is 0 Å². The van der Waals surface area contributed by atoms with Crippen LogP contribution in [0.3, 0.4) is 0 Å². The van der Waals surface area contributed by atoms with Crippen LogP contribution < -0.4 is 4.74 Å². The van der Waals surface area contributed by atoms with Crippen molar-refractivity contribution in [3.63, 3.8) is 0 Å². The summed E-state index contributed by atoms with van der Waals surface area (Å²) in [6, 6.07) is 18.8. The minimum Gasteiger partial charge on any atom is -0.497 e. The zero-order valence-corrected chi connectivity index (χ0v) is 16.5. The van der Waals surface area contributed by atoms with Crippen LogP contribution in [0.1, 0.15) is 43.7 Å². The quantitative estimate of drug-likeness (QED) is 0.874. The van der Waals surface area contributed by atoms with Gasteiger partial charge in [-0.15, -0.1) is 0 Å². The van der Waals surface area contributed by atoms with Crippen LogP contribution in [0.5, 0.6) is 5.75 Å². The molecule has 1 saturated heterocycles. The van der Waals surface area contributed by atoms with E-state index in [1.165, 1.54) is 5.56 Å². The maximum Gasteiger partial charge on any atom is 0.119 e. The molecule has 3 nitrogen and oxygen atoms in total. The summed E-state index contributed by atoms with van der Waals surface area (Å²) >= 11 is 0. The first kappa shape index (κ1) is 18.5. The maximum absolute atomic E-state index is 11.7. The summed E-state index contributed by atoms with van der Waals surface area (Å²) in [5, 5.41) is 11.7. The van der Waals surface area contributed by atoms with Crippen molar-refractivity contribution >= 4 is 0 Å². The number of ether oxygens (including phenoxy) is 1. The first-order chi connectivity index (χ1) is 13.1. The van der Waals surface area contributed by atoms with E-state index in [2.05, 4.69) is 42.2 Å². The zero-order valence-electron chi connectivity index (χ0n) is 16.5. The molecular formula is C24H31NO2. The topological polar surface area (TPSA) is 32.7 Å². The van der Waals surface area contributed by atoms with Gasteiger partial charge < -0.3 is 14.7 Å². The van der Waals surface area contributed by atoms with Gasteiger partial charge in [0.1, 0.15) is 5.75 Å². The van der Waals surface area contributed by atoms with Crippen molar-refractivity contribution in [3.05, 3.63) is 65.7 Å². The SMILES string of the molecule is CCN1CCC2(c3cccc(OC)c3)CC(O)(c3ccccc3)CCC2C1. The number of benzene rings is 2. The van der Waals surface area contributed by atoms with Crippen molar-refractivity contribution in [1.29, 1.82) is 0 Å². The first-order valence-corrected chi connectivity index (χ1v) is 10.2. The van der Waals surface area contributed by atoms with Crippen molar-refractivity contribution < 1.29 is 9.84 Å². The molecule has 0 aromatic heterocycles. The van der Waals surface area contributed by atoms with Crippen LogP contribution in [0.15, 0.2) is 54.6 Å². The van der Waals surface area contributed by atoms with Crippen molar-refractivity contribution in [2.45, 2.75) is 43.6 Å². The molecule has 1 aliphatic heterocycles. The number of likely N-dealkylation sites (tertiary alicyclic amines) is 1. The number of hydrogen-bond acceptors (Lipinski definition) is 3. The van der Waals surface area contributed by atoms with Crippen molar-refractivity contribution in [2.24, 2.45) is 5.92 Å². The Morgan fingerprint density at radius 1 is 1.07 bits per heavy atom. The van der Waals surface area contributed by atoms with Gasteiger partial charge in [0.25, 0.3) is 0 Å². The van der Waals surface area contributed by atoms with Crippen LogP contribution >= 0.6 is 0 Å². The summed E-state index contributed by atoms with van der Waals surface area (Å²) < 4.78 is 5.53. The van der Waals surface area contributed by atoms with Crippen molar-refractivity contribution in [3.8, 4) is 5.75 Å². The van der Waals surface area contributed by atoms with E-state index in [0.717, 1.165) is 56.6 Å². The molecular weight excluding hydrogens is 334 g/mol. The van der Waals surface area contributed by atoms with E-state index in [1.54, 1.807) is 7.11 Å². The lowest BCUT2D eigenvalue weighted by Crippen LogP contribution is -2.56. The largest absolute Gasteiger partial charge is 0.497 e. The molecule has 3 heteroatoms. The lowest BCUT2D eigenvalue weighted by molar-refractivity contribution is -0.0764. The Kier molecular flexibility index (Phi) is 5.00. The fourth-order valence-corrected chi connectivity index (χ4v) is 5.46. The Morgan fingerprint density at radius 3 is 2.59 bits per heavy atom. The van der Waals surface area contributed by atoms with E-state index < -0.39 is 5.60 Å². The molecule has 2 aromatic carbocycles. The number of piperidine rings is 1. The lowest BCUT2D eigenvalue weighted by atomic mass is 9.54. The molecule has 0 radical (unpaired) electrons. The predicted molar refractivity (Wildman–Crippen MR) is 109 cm³/mol.